The van der Waals surface area contributed by atoms with Crippen molar-refractivity contribution >= 4 is 37.5 Å². The molecule has 66 valence electrons. The quantitative estimate of drug-likeness (QED) is 0.683. The lowest BCUT2D eigenvalue weighted by molar-refractivity contribution is 0.416. The van der Waals surface area contributed by atoms with Gasteiger partial charge in [-0.2, -0.15) is 0 Å². The summed E-state index contributed by atoms with van der Waals surface area (Å²) in [4.78, 5) is 0. The maximum atomic E-state index is 5.15. The average molecular weight is 295 g/mol. The number of rotatable bonds is 3. The van der Waals surface area contributed by atoms with Gasteiger partial charge < -0.3 is 10.1 Å². The molecular formula is C8H9Br2NO. The van der Waals surface area contributed by atoms with Crippen LogP contribution in [0.2, 0.25) is 0 Å². The van der Waals surface area contributed by atoms with E-state index in [0.29, 0.717) is 5.45 Å². The summed E-state index contributed by atoms with van der Waals surface area (Å²) in [5.74, 6) is 0.845. The highest BCUT2D eigenvalue weighted by Crippen LogP contribution is 2.27. The Morgan fingerprint density at radius 2 is 2.25 bits per heavy atom. The molecule has 0 atom stereocenters. The number of ether oxygens (including phenoxy) is 1. The molecule has 0 bridgehead atoms. The van der Waals surface area contributed by atoms with Crippen LogP contribution in [0.25, 0.3) is 0 Å². The largest absolute Gasteiger partial charge is 0.495 e. The van der Waals surface area contributed by atoms with Gasteiger partial charge in [0.15, 0.2) is 0 Å². The third-order valence-electron chi connectivity index (χ3n) is 1.42. The van der Waals surface area contributed by atoms with E-state index in [1.165, 1.54) is 0 Å². The first kappa shape index (κ1) is 9.86. The summed E-state index contributed by atoms with van der Waals surface area (Å²) in [6, 6.07) is 5.83. The monoisotopic (exact) mass is 293 g/mol. The van der Waals surface area contributed by atoms with Crippen LogP contribution in [0.15, 0.2) is 22.7 Å². The van der Waals surface area contributed by atoms with Crippen LogP contribution in [0.4, 0.5) is 5.69 Å². The van der Waals surface area contributed by atoms with E-state index in [4.69, 9.17) is 4.74 Å². The molecule has 1 aromatic rings. The van der Waals surface area contributed by atoms with Crippen molar-refractivity contribution in [3.05, 3.63) is 22.7 Å². The molecule has 0 aromatic heterocycles. The second kappa shape index (κ2) is 4.72. The second-order valence-corrected chi connectivity index (χ2v) is 3.63. The van der Waals surface area contributed by atoms with Gasteiger partial charge in [-0.15, -0.1) is 0 Å². The van der Waals surface area contributed by atoms with Gasteiger partial charge in [-0.05, 0) is 18.2 Å². The van der Waals surface area contributed by atoms with E-state index in [-0.39, 0.29) is 0 Å². The fourth-order valence-electron chi connectivity index (χ4n) is 0.890. The van der Waals surface area contributed by atoms with Gasteiger partial charge in [0.25, 0.3) is 0 Å². The Bertz CT molecular complexity index is 265. The van der Waals surface area contributed by atoms with Gasteiger partial charge in [-0.1, -0.05) is 31.9 Å². The standard InChI is InChI=1S/C8H9Br2NO/c1-12-8-3-2-6(10)4-7(8)11-5-9/h2-4,11H,5H2,1H3. The minimum absolute atomic E-state index is 0.708. The Morgan fingerprint density at radius 1 is 1.50 bits per heavy atom. The van der Waals surface area contributed by atoms with Crippen molar-refractivity contribution in [1.29, 1.82) is 0 Å². The molecule has 1 aromatic carbocycles. The molecule has 4 heteroatoms. The zero-order chi connectivity index (χ0) is 8.97. The number of halogens is 2. The van der Waals surface area contributed by atoms with Crippen molar-refractivity contribution < 1.29 is 4.74 Å². The molecule has 0 saturated heterocycles. The van der Waals surface area contributed by atoms with Gasteiger partial charge in [-0.25, -0.2) is 0 Å². The first-order valence-corrected chi connectivity index (χ1v) is 5.32. The lowest BCUT2D eigenvalue weighted by atomic mass is 10.3. The number of benzene rings is 1. The van der Waals surface area contributed by atoms with E-state index >= 15 is 0 Å². The second-order valence-electron chi connectivity index (χ2n) is 2.16. The maximum Gasteiger partial charge on any atom is 0.142 e. The maximum absolute atomic E-state index is 5.15. The van der Waals surface area contributed by atoms with Crippen LogP contribution in [0.3, 0.4) is 0 Å². The van der Waals surface area contributed by atoms with E-state index < -0.39 is 0 Å². The Kier molecular flexibility index (Phi) is 3.88. The van der Waals surface area contributed by atoms with Crippen molar-refractivity contribution in [3.63, 3.8) is 0 Å². The van der Waals surface area contributed by atoms with Gasteiger partial charge in [0, 0.05) is 4.47 Å². The van der Waals surface area contributed by atoms with Crippen LogP contribution < -0.4 is 10.1 Å². The van der Waals surface area contributed by atoms with Crippen molar-refractivity contribution in [1.82, 2.24) is 0 Å². The van der Waals surface area contributed by atoms with E-state index in [0.717, 1.165) is 15.9 Å². The summed E-state index contributed by atoms with van der Waals surface area (Å²) in [6.07, 6.45) is 0. The predicted molar refractivity (Wildman–Crippen MR) is 58.1 cm³/mol. The summed E-state index contributed by atoms with van der Waals surface area (Å²) in [5, 5.41) is 3.13. The molecular weight excluding hydrogens is 286 g/mol. The number of hydrogen-bond donors (Lipinski definition) is 1. The fourth-order valence-corrected chi connectivity index (χ4v) is 1.55. The van der Waals surface area contributed by atoms with Crippen LogP contribution in [0, 0.1) is 0 Å². The van der Waals surface area contributed by atoms with Crippen molar-refractivity contribution in [2.24, 2.45) is 0 Å². The topological polar surface area (TPSA) is 21.3 Å². The van der Waals surface area contributed by atoms with Gasteiger partial charge >= 0.3 is 0 Å². The van der Waals surface area contributed by atoms with E-state index in [2.05, 4.69) is 37.2 Å². The van der Waals surface area contributed by atoms with E-state index in [9.17, 15) is 0 Å². The van der Waals surface area contributed by atoms with Gasteiger partial charge in [-0.3, -0.25) is 0 Å². The van der Waals surface area contributed by atoms with E-state index in [1.807, 2.05) is 18.2 Å². The summed E-state index contributed by atoms with van der Waals surface area (Å²) in [7, 11) is 1.66. The van der Waals surface area contributed by atoms with Gasteiger partial charge in [0.2, 0.25) is 0 Å². The Hall–Kier alpha value is -0.220. The van der Waals surface area contributed by atoms with Crippen molar-refractivity contribution in [3.8, 4) is 5.75 Å². The first-order valence-electron chi connectivity index (χ1n) is 3.41. The lowest BCUT2D eigenvalue weighted by Crippen LogP contribution is -1.96. The van der Waals surface area contributed by atoms with Crippen LogP contribution in [-0.4, -0.2) is 12.6 Å². The zero-order valence-corrected chi connectivity index (χ0v) is 9.78. The van der Waals surface area contributed by atoms with Crippen LogP contribution in [0.5, 0.6) is 5.75 Å². The highest BCUT2D eigenvalue weighted by molar-refractivity contribution is 9.10. The molecule has 0 aliphatic heterocycles. The molecule has 0 aliphatic rings. The minimum Gasteiger partial charge on any atom is -0.495 e. The van der Waals surface area contributed by atoms with Crippen LogP contribution in [0.1, 0.15) is 0 Å². The normalized spacial score (nSPS) is 9.58. The SMILES string of the molecule is COc1ccc(Br)cc1NCBr. The highest BCUT2D eigenvalue weighted by atomic mass is 79.9. The Labute approximate surface area is 88.6 Å². The molecule has 0 amide bonds. The molecule has 0 unspecified atom stereocenters. The number of alkyl halides is 1. The molecule has 0 heterocycles. The van der Waals surface area contributed by atoms with Crippen LogP contribution in [-0.2, 0) is 0 Å². The summed E-state index contributed by atoms with van der Waals surface area (Å²) < 4.78 is 6.18. The molecule has 0 radical (unpaired) electrons. The smallest absolute Gasteiger partial charge is 0.142 e. The molecule has 0 saturated carbocycles. The molecule has 12 heavy (non-hydrogen) atoms. The summed E-state index contributed by atoms with van der Waals surface area (Å²) in [6.45, 7) is 0. The zero-order valence-electron chi connectivity index (χ0n) is 6.60. The third-order valence-corrected chi connectivity index (χ3v) is 2.19. The lowest BCUT2D eigenvalue weighted by Gasteiger charge is -2.08. The first-order chi connectivity index (χ1) is 5.77. The summed E-state index contributed by atoms with van der Waals surface area (Å²) >= 11 is 6.68. The number of methoxy groups -OCH3 is 1. The minimum atomic E-state index is 0.708. The Balaban J connectivity index is 2.95. The molecule has 1 N–H and O–H groups in total. The van der Waals surface area contributed by atoms with Crippen molar-refractivity contribution in [2.75, 3.05) is 17.9 Å². The van der Waals surface area contributed by atoms with Gasteiger partial charge in [0.1, 0.15) is 5.75 Å². The molecule has 0 spiro atoms. The van der Waals surface area contributed by atoms with Crippen LogP contribution >= 0.6 is 31.9 Å². The van der Waals surface area contributed by atoms with Crippen molar-refractivity contribution in [2.45, 2.75) is 0 Å². The Morgan fingerprint density at radius 3 is 2.83 bits per heavy atom. The number of hydrogen-bond acceptors (Lipinski definition) is 2. The van der Waals surface area contributed by atoms with E-state index in [1.54, 1.807) is 7.11 Å². The molecule has 1 rings (SSSR count). The molecule has 0 fully saturated rings. The highest BCUT2D eigenvalue weighted by Gasteiger charge is 2.00. The predicted octanol–water partition coefficient (Wildman–Crippen LogP) is 3.22. The third kappa shape index (κ3) is 2.38. The van der Waals surface area contributed by atoms with Gasteiger partial charge in [0.05, 0.1) is 18.3 Å². The fraction of sp³-hybridized carbons (Fsp3) is 0.250. The number of nitrogens with one attached hydrogen (secondary N) is 1. The molecule has 2 nitrogen and oxygen atoms in total. The number of anilines is 1. The average Bonchev–Trinajstić information content (AvgIpc) is 2.05. The molecule has 0 aliphatic carbocycles. The summed E-state index contributed by atoms with van der Waals surface area (Å²) in [5.41, 5.74) is 1.68.